The van der Waals surface area contributed by atoms with Gasteiger partial charge < -0.3 is 5.32 Å². The Hall–Kier alpha value is 0.250. The van der Waals surface area contributed by atoms with Gasteiger partial charge in [-0.15, -0.1) is 12.4 Å². The second-order valence-electron chi connectivity index (χ2n) is 3.68. The highest BCUT2D eigenvalue weighted by atomic mass is 35.5. The van der Waals surface area contributed by atoms with Gasteiger partial charge in [-0.3, -0.25) is 0 Å². The van der Waals surface area contributed by atoms with Crippen LogP contribution in [0.3, 0.4) is 0 Å². The van der Waals surface area contributed by atoms with Crippen LogP contribution in [0.4, 0.5) is 0 Å². The van der Waals surface area contributed by atoms with Crippen LogP contribution in [0.1, 0.15) is 26.7 Å². The molecule has 2 saturated heterocycles. The van der Waals surface area contributed by atoms with E-state index in [1.807, 2.05) is 0 Å². The van der Waals surface area contributed by atoms with Gasteiger partial charge in [-0.1, -0.05) is 13.8 Å². The normalized spacial score (nSPS) is 51.0. The van der Waals surface area contributed by atoms with Gasteiger partial charge in [0.25, 0.3) is 0 Å². The number of rotatable bonds is 0. The smallest absolute Gasteiger partial charge is 0.00991 e. The zero-order valence-corrected chi connectivity index (χ0v) is 7.45. The molecule has 0 radical (unpaired) electrons. The number of hydrogen-bond donors (Lipinski definition) is 1. The maximum atomic E-state index is 3.63. The first kappa shape index (κ1) is 8.35. The minimum absolute atomic E-state index is 0. The van der Waals surface area contributed by atoms with Crippen molar-refractivity contribution in [3.8, 4) is 0 Å². The molecule has 0 aromatic heterocycles. The minimum Gasteiger partial charge on any atom is -0.311 e. The molecule has 2 aliphatic heterocycles. The van der Waals surface area contributed by atoms with Gasteiger partial charge in [0.1, 0.15) is 0 Å². The first-order valence-corrected chi connectivity index (χ1v) is 4.05. The second-order valence-corrected chi connectivity index (χ2v) is 3.68. The van der Waals surface area contributed by atoms with Crippen molar-refractivity contribution in [2.24, 2.45) is 11.8 Å². The molecule has 0 unspecified atom stereocenters. The predicted molar refractivity (Wildman–Crippen MR) is 45.5 cm³/mol. The van der Waals surface area contributed by atoms with Crippen molar-refractivity contribution < 1.29 is 0 Å². The molecule has 10 heavy (non-hydrogen) atoms. The summed E-state index contributed by atoms with van der Waals surface area (Å²) < 4.78 is 0. The van der Waals surface area contributed by atoms with Gasteiger partial charge in [0.2, 0.25) is 0 Å². The zero-order chi connectivity index (χ0) is 6.43. The molecule has 2 heteroatoms. The molecule has 2 fully saturated rings. The molecule has 4 atom stereocenters. The van der Waals surface area contributed by atoms with Crippen LogP contribution in [0.15, 0.2) is 0 Å². The van der Waals surface area contributed by atoms with E-state index >= 15 is 0 Å². The van der Waals surface area contributed by atoms with Crippen LogP contribution in [0, 0.1) is 11.8 Å². The summed E-state index contributed by atoms with van der Waals surface area (Å²) in [6, 6.07) is 1.73. The third-order valence-electron chi connectivity index (χ3n) is 3.32. The Kier molecular flexibility index (Phi) is 2.26. The SMILES string of the molecule is C[C@H]1[C@H](C)[C@H]2CC[C@@H]1N2.Cl. The molecule has 2 bridgehead atoms. The first-order chi connectivity index (χ1) is 4.29. The van der Waals surface area contributed by atoms with Crippen LogP contribution >= 0.6 is 12.4 Å². The van der Waals surface area contributed by atoms with Crippen molar-refractivity contribution in [2.75, 3.05) is 0 Å². The van der Waals surface area contributed by atoms with E-state index in [-0.39, 0.29) is 12.4 Å². The summed E-state index contributed by atoms with van der Waals surface area (Å²) in [5.74, 6) is 1.87. The molecule has 2 aliphatic rings. The van der Waals surface area contributed by atoms with Crippen LogP contribution in [0.5, 0.6) is 0 Å². The van der Waals surface area contributed by atoms with Gasteiger partial charge in [0.05, 0.1) is 0 Å². The number of hydrogen-bond acceptors (Lipinski definition) is 1. The largest absolute Gasteiger partial charge is 0.311 e. The summed E-state index contributed by atoms with van der Waals surface area (Å²) in [5, 5.41) is 3.63. The third-order valence-corrected chi connectivity index (χ3v) is 3.32. The fourth-order valence-electron chi connectivity index (χ4n) is 2.36. The molecular formula is C8H16ClN. The lowest BCUT2D eigenvalue weighted by atomic mass is 9.82. The highest BCUT2D eigenvalue weighted by molar-refractivity contribution is 5.85. The summed E-state index contributed by atoms with van der Waals surface area (Å²) in [6.07, 6.45) is 2.85. The van der Waals surface area contributed by atoms with E-state index < -0.39 is 0 Å². The van der Waals surface area contributed by atoms with Crippen molar-refractivity contribution >= 4 is 12.4 Å². The van der Waals surface area contributed by atoms with E-state index in [0.717, 1.165) is 23.9 Å². The average Bonchev–Trinajstić information content (AvgIpc) is 2.37. The van der Waals surface area contributed by atoms with E-state index in [1.165, 1.54) is 12.8 Å². The Morgan fingerprint density at radius 1 is 1.00 bits per heavy atom. The van der Waals surface area contributed by atoms with Crippen LogP contribution in [-0.4, -0.2) is 12.1 Å². The van der Waals surface area contributed by atoms with E-state index in [2.05, 4.69) is 19.2 Å². The summed E-state index contributed by atoms with van der Waals surface area (Å²) in [7, 11) is 0. The molecule has 1 nitrogen and oxygen atoms in total. The fraction of sp³-hybridized carbons (Fsp3) is 1.00. The van der Waals surface area contributed by atoms with Crippen LogP contribution in [0.25, 0.3) is 0 Å². The van der Waals surface area contributed by atoms with Crippen molar-refractivity contribution in [2.45, 2.75) is 38.8 Å². The van der Waals surface area contributed by atoms with E-state index in [9.17, 15) is 0 Å². The Morgan fingerprint density at radius 2 is 1.40 bits per heavy atom. The quantitative estimate of drug-likeness (QED) is 0.572. The number of halogens is 1. The second kappa shape index (κ2) is 2.71. The summed E-state index contributed by atoms with van der Waals surface area (Å²) in [5.41, 5.74) is 0. The highest BCUT2D eigenvalue weighted by Crippen LogP contribution is 2.37. The molecule has 2 rings (SSSR count). The maximum absolute atomic E-state index is 3.63. The van der Waals surface area contributed by atoms with E-state index in [1.54, 1.807) is 0 Å². The lowest BCUT2D eigenvalue weighted by Crippen LogP contribution is -2.21. The molecule has 0 aromatic carbocycles. The molecule has 0 saturated carbocycles. The Balaban J connectivity index is 0.000000500. The molecular weight excluding hydrogens is 146 g/mol. The van der Waals surface area contributed by atoms with Gasteiger partial charge in [0.15, 0.2) is 0 Å². The van der Waals surface area contributed by atoms with Gasteiger partial charge in [0, 0.05) is 12.1 Å². The third kappa shape index (κ3) is 0.960. The van der Waals surface area contributed by atoms with Gasteiger partial charge in [-0.25, -0.2) is 0 Å². The molecule has 0 aliphatic carbocycles. The molecule has 0 amide bonds. The topological polar surface area (TPSA) is 12.0 Å². The Labute approximate surface area is 69.0 Å². The van der Waals surface area contributed by atoms with Crippen LogP contribution < -0.4 is 5.32 Å². The Bertz CT molecular complexity index is 108. The molecule has 0 aromatic rings. The Morgan fingerprint density at radius 3 is 1.60 bits per heavy atom. The van der Waals surface area contributed by atoms with Crippen molar-refractivity contribution in [1.82, 2.24) is 5.32 Å². The highest BCUT2D eigenvalue weighted by Gasteiger charge is 2.41. The van der Waals surface area contributed by atoms with Gasteiger partial charge in [-0.05, 0) is 24.7 Å². The first-order valence-electron chi connectivity index (χ1n) is 4.05. The van der Waals surface area contributed by atoms with Crippen molar-refractivity contribution in [1.29, 1.82) is 0 Å². The van der Waals surface area contributed by atoms with Gasteiger partial charge in [-0.2, -0.15) is 0 Å². The van der Waals surface area contributed by atoms with Crippen LogP contribution in [-0.2, 0) is 0 Å². The zero-order valence-electron chi connectivity index (χ0n) is 6.63. The standard InChI is InChI=1S/C8H15N.ClH/c1-5-6(2)8-4-3-7(5)9-8;/h5-9H,3-4H2,1-2H3;1H/t5-,6-,7-,8+;/m0./s1. The molecule has 1 N–H and O–H groups in total. The monoisotopic (exact) mass is 161 g/mol. The average molecular weight is 162 g/mol. The van der Waals surface area contributed by atoms with Crippen LogP contribution in [0.2, 0.25) is 0 Å². The lowest BCUT2D eigenvalue weighted by molar-refractivity contribution is 0.330. The number of fused-ring (bicyclic) bond motifs is 2. The summed E-state index contributed by atoms with van der Waals surface area (Å²) in [6.45, 7) is 4.75. The predicted octanol–water partition coefficient (Wildman–Crippen LogP) is 1.81. The van der Waals surface area contributed by atoms with Crippen molar-refractivity contribution in [3.05, 3.63) is 0 Å². The maximum Gasteiger partial charge on any atom is 0.00991 e. The summed E-state index contributed by atoms with van der Waals surface area (Å²) in [4.78, 5) is 0. The summed E-state index contributed by atoms with van der Waals surface area (Å²) >= 11 is 0. The number of nitrogens with one attached hydrogen (secondary N) is 1. The molecule has 2 heterocycles. The lowest BCUT2D eigenvalue weighted by Gasteiger charge is -2.21. The van der Waals surface area contributed by atoms with Crippen molar-refractivity contribution in [3.63, 3.8) is 0 Å². The minimum atomic E-state index is 0. The van der Waals surface area contributed by atoms with Gasteiger partial charge >= 0.3 is 0 Å². The molecule has 60 valence electrons. The van der Waals surface area contributed by atoms with E-state index in [4.69, 9.17) is 0 Å². The fourth-order valence-corrected chi connectivity index (χ4v) is 2.36. The van der Waals surface area contributed by atoms with E-state index in [0.29, 0.717) is 0 Å². The molecule has 0 spiro atoms.